The lowest BCUT2D eigenvalue weighted by Crippen LogP contribution is -2.50. The van der Waals surface area contributed by atoms with Crippen LogP contribution in [0.1, 0.15) is 32.4 Å². The Morgan fingerprint density at radius 1 is 1.14 bits per heavy atom. The number of halogens is 1. The Hall–Kier alpha value is -2.53. The molecule has 0 spiro atoms. The van der Waals surface area contributed by atoms with E-state index in [0.29, 0.717) is 0 Å². The maximum Gasteiger partial charge on any atom is 0.522 e. The largest absolute Gasteiger partial charge is 0.522 e. The van der Waals surface area contributed by atoms with Crippen LogP contribution in [-0.2, 0) is 43.6 Å². The first-order chi connectivity index (χ1) is 23.9. The molecule has 3 fully saturated rings. The number of aromatic nitrogens is 8. The van der Waals surface area contributed by atoms with Crippen LogP contribution in [0.25, 0.3) is 22.3 Å². The number of ether oxygens (including phenoxy) is 1. The van der Waals surface area contributed by atoms with E-state index in [-0.39, 0.29) is 45.7 Å². The molecule has 0 aromatic carbocycles. The summed E-state index contributed by atoms with van der Waals surface area (Å²) in [5, 5.41) is -1.68. The van der Waals surface area contributed by atoms with Gasteiger partial charge in [-0.15, -0.1) is 20.8 Å². The van der Waals surface area contributed by atoms with E-state index in [4.69, 9.17) is 50.5 Å². The third-order valence-corrected chi connectivity index (χ3v) is 17.7. The lowest BCUT2D eigenvalue weighted by atomic mass is 10.1. The van der Waals surface area contributed by atoms with Gasteiger partial charge in [-0.05, 0) is 18.1 Å². The van der Waals surface area contributed by atoms with Gasteiger partial charge in [-0.1, -0.05) is 20.8 Å². The summed E-state index contributed by atoms with van der Waals surface area (Å²) in [5.74, 6) is -0.0578. The first-order valence-corrected chi connectivity index (χ1v) is 23.2. The Labute approximate surface area is 300 Å². The van der Waals surface area contributed by atoms with E-state index in [1.54, 1.807) is 0 Å². The molecule has 4 aromatic rings. The molecular formula is C26H36FN10O9P2S2Si+. The molecule has 3 saturated heterocycles. The Bertz CT molecular complexity index is 2100. The van der Waals surface area contributed by atoms with Gasteiger partial charge < -0.3 is 25.5 Å². The van der Waals surface area contributed by atoms with Crippen LogP contribution in [0.3, 0.4) is 0 Å². The van der Waals surface area contributed by atoms with Crippen molar-refractivity contribution >= 4 is 81.0 Å². The van der Waals surface area contributed by atoms with Crippen LogP contribution in [0.5, 0.6) is 0 Å². The number of nitrogens with zero attached hydrogens (tertiary/aromatic N) is 7. The maximum atomic E-state index is 16.2. The summed E-state index contributed by atoms with van der Waals surface area (Å²) >= 11 is 6.86. The normalized spacial score (nSPS) is 33.2. The highest BCUT2D eigenvalue weighted by Crippen LogP contribution is 2.56. The number of nitrogens with two attached hydrogens (primary N) is 2. The monoisotopic (exact) mass is 805 g/mol. The lowest BCUT2D eigenvalue weighted by Gasteiger charge is -2.41. The van der Waals surface area contributed by atoms with Gasteiger partial charge in [0.15, 0.2) is 49.4 Å². The van der Waals surface area contributed by atoms with Crippen molar-refractivity contribution in [3.8, 4) is 0 Å². The molecule has 7 heterocycles. The third-order valence-electron chi connectivity index (χ3n) is 9.38. The number of nitrogen functional groups attached to an aromatic ring is 2. The standard InChI is InChI=1S/C26H35FN10O9P2S2Si/c1-26(2,3)51(4,5)46-17-12-7-41-47(49)44-16-11(43-23(13(16)27)36-9-32-14-19(28)30-8-31-20(14)36)6-42-48(39,40)45-18(17)24(50-12)37-10-33-15-21(37)34-25(29)35-22(15)38/h8-13,16-18,23-24H,6-7H2,1-5H3,(H5-,28,29,30,31,34,35,38,39,40)/p+1/t11-,12-,13+,16-,17-,18-,23-,24-/m1/s1. The van der Waals surface area contributed by atoms with Crippen LogP contribution in [0.4, 0.5) is 16.2 Å². The highest BCUT2D eigenvalue weighted by atomic mass is 32.4. The lowest BCUT2D eigenvalue weighted by molar-refractivity contribution is -0.0480. The summed E-state index contributed by atoms with van der Waals surface area (Å²) in [6.45, 7) is 9.50. The van der Waals surface area contributed by atoms with Crippen LogP contribution in [0.15, 0.2) is 23.8 Å². The van der Waals surface area contributed by atoms with E-state index >= 15 is 4.39 Å². The topological polar surface area (TPSA) is 252 Å². The molecule has 25 heteroatoms. The highest BCUT2D eigenvalue weighted by Gasteiger charge is 2.56. The summed E-state index contributed by atoms with van der Waals surface area (Å²) in [7, 11) is -9.73. The van der Waals surface area contributed by atoms with Crippen LogP contribution in [0.2, 0.25) is 18.1 Å². The molecule has 6 N–H and O–H groups in total. The zero-order valence-corrected chi connectivity index (χ0v) is 32.3. The van der Waals surface area contributed by atoms with Crippen LogP contribution < -0.4 is 17.0 Å². The fraction of sp³-hybridized carbons (Fsp3) is 0.615. The molecule has 0 saturated carbocycles. The van der Waals surface area contributed by atoms with Gasteiger partial charge in [-0.3, -0.25) is 28.0 Å². The molecule has 276 valence electrons. The smallest absolute Gasteiger partial charge is 0.410 e. The average Bonchev–Trinajstić information content (AvgIpc) is 3.80. The number of rotatable bonds is 4. The van der Waals surface area contributed by atoms with Crippen molar-refractivity contribution in [2.75, 3.05) is 24.7 Å². The molecule has 0 aliphatic carbocycles. The molecule has 19 nitrogen and oxygen atoms in total. The Morgan fingerprint density at radius 3 is 2.61 bits per heavy atom. The Kier molecular flexibility index (Phi) is 9.67. The summed E-state index contributed by atoms with van der Waals surface area (Å²) < 4.78 is 69.4. The van der Waals surface area contributed by atoms with Crippen molar-refractivity contribution in [3.05, 3.63) is 29.3 Å². The van der Waals surface area contributed by atoms with Crippen molar-refractivity contribution in [1.82, 2.24) is 39.0 Å². The fourth-order valence-electron chi connectivity index (χ4n) is 5.82. The summed E-state index contributed by atoms with van der Waals surface area (Å²) in [4.78, 5) is 47.1. The van der Waals surface area contributed by atoms with Gasteiger partial charge in [0.05, 0.1) is 30.6 Å². The molecule has 10 atom stereocenters. The van der Waals surface area contributed by atoms with Crippen LogP contribution in [0, 0.1) is 0 Å². The fourth-order valence-corrected chi connectivity index (χ4v) is 11.2. The number of phosphoric acid groups is 1. The number of nitrogens with one attached hydrogen (secondary N) is 1. The number of imidazole rings is 2. The summed E-state index contributed by atoms with van der Waals surface area (Å²) in [5.41, 5.74) is 11.8. The van der Waals surface area contributed by atoms with Crippen molar-refractivity contribution < 1.29 is 41.1 Å². The van der Waals surface area contributed by atoms with Gasteiger partial charge in [0.1, 0.15) is 36.0 Å². The van der Waals surface area contributed by atoms with E-state index in [9.17, 15) is 14.3 Å². The highest BCUT2D eigenvalue weighted by molar-refractivity contribution is 8.01. The van der Waals surface area contributed by atoms with E-state index in [1.165, 1.54) is 39.9 Å². The summed E-state index contributed by atoms with van der Waals surface area (Å²) in [6.07, 6.45) is -4.00. The molecule has 2 bridgehead atoms. The van der Waals surface area contributed by atoms with E-state index in [1.807, 2.05) is 13.1 Å². The molecular weight excluding hydrogens is 770 g/mol. The number of hydrogen-bond donors (Lipinski definition) is 4. The predicted octanol–water partition coefficient (Wildman–Crippen LogP) is 3.06. The number of alkyl halides is 1. The maximum absolute atomic E-state index is 16.2. The Morgan fingerprint density at radius 2 is 1.86 bits per heavy atom. The van der Waals surface area contributed by atoms with Crippen LogP contribution >= 0.6 is 26.7 Å². The minimum absolute atomic E-state index is 0.00463. The van der Waals surface area contributed by atoms with Gasteiger partial charge in [0.2, 0.25) is 17.8 Å². The van der Waals surface area contributed by atoms with Crippen LogP contribution in [-0.4, -0.2) is 101 Å². The summed E-state index contributed by atoms with van der Waals surface area (Å²) in [6, 6.07) is 0. The quantitative estimate of drug-likeness (QED) is 0.171. The molecule has 0 radical (unpaired) electrons. The average molecular weight is 806 g/mol. The second-order valence-corrected chi connectivity index (χ2v) is 23.0. The molecule has 51 heavy (non-hydrogen) atoms. The molecule has 0 amide bonds. The molecule has 3 aliphatic rings. The number of hydrogen-bond acceptors (Lipinski definition) is 17. The first kappa shape index (κ1) is 36.8. The van der Waals surface area contributed by atoms with E-state index in [0.717, 1.165) is 0 Å². The minimum atomic E-state index is -4.97. The second-order valence-electron chi connectivity index (χ2n) is 13.7. The molecule has 4 aromatic heterocycles. The van der Waals surface area contributed by atoms with E-state index in [2.05, 4.69) is 50.7 Å². The van der Waals surface area contributed by atoms with Crippen molar-refractivity contribution in [2.24, 2.45) is 0 Å². The number of anilines is 2. The van der Waals surface area contributed by atoms with Gasteiger partial charge in [-0.2, -0.15) is 4.98 Å². The van der Waals surface area contributed by atoms with Gasteiger partial charge in [0, 0.05) is 0 Å². The van der Waals surface area contributed by atoms with Crippen molar-refractivity contribution in [1.29, 1.82) is 0 Å². The van der Waals surface area contributed by atoms with Gasteiger partial charge in [-0.25, -0.2) is 28.9 Å². The minimum Gasteiger partial charge on any atom is -0.410 e. The van der Waals surface area contributed by atoms with Gasteiger partial charge in [0.25, 0.3) is 5.56 Å². The predicted molar refractivity (Wildman–Crippen MR) is 189 cm³/mol. The second kappa shape index (κ2) is 13.4. The number of aromatic amines is 1. The number of fused-ring (bicyclic) bond motifs is 5. The zero-order valence-electron chi connectivity index (χ0n) is 27.9. The Balaban J connectivity index is 1.24. The SMILES string of the molecule is CC(C)(C)[Si](C)(C)O[C@H]1[C@H]2OP(=O)(O)OC[C@H]3O[C@@H](n4cnc5c(N)ncnc54)[C@@H](F)[C@@H]3O[P+](=S)OC[C@H]1S[C@H]2n1cnc2c(=O)[nH]c(N)nc21. The molecule has 3 aliphatic heterocycles. The first-order valence-electron chi connectivity index (χ1n) is 15.6. The molecule has 7 rings (SSSR count). The zero-order chi connectivity index (χ0) is 36.6. The van der Waals surface area contributed by atoms with Crippen molar-refractivity contribution in [2.45, 2.75) is 86.3 Å². The number of H-pyrrole nitrogens is 1. The van der Waals surface area contributed by atoms with E-state index < -0.39 is 82.9 Å². The third kappa shape index (κ3) is 6.88. The van der Waals surface area contributed by atoms with Crippen molar-refractivity contribution in [3.63, 3.8) is 0 Å². The number of thioether (sulfide) groups is 1. The number of phosphoric ester groups is 1. The van der Waals surface area contributed by atoms with Gasteiger partial charge >= 0.3 is 15.0 Å². The molecule has 2 unspecified atom stereocenters.